The molecule has 16 heavy (non-hydrogen) atoms. The van der Waals surface area contributed by atoms with E-state index in [0.717, 1.165) is 17.5 Å². The molecule has 0 aromatic carbocycles. The lowest BCUT2D eigenvalue weighted by Gasteiger charge is -2.32. The quantitative estimate of drug-likeness (QED) is 0.804. The molecule has 3 heteroatoms. The number of rotatable bonds is 2. The molecule has 1 saturated carbocycles. The minimum Gasteiger partial charge on any atom is -0.384 e. The summed E-state index contributed by atoms with van der Waals surface area (Å²) in [6.45, 7) is 4.68. The van der Waals surface area contributed by atoms with E-state index in [0.29, 0.717) is 11.9 Å². The van der Waals surface area contributed by atoms with Crippen LogP contribution in [0.1, 0.15) is 33.1 Å². The van der Waals surface area contributed by atoms with Crippen molar-refractivity contribution in [1.82, 2.24) is 4.98 Å². The molecular weight excluding hydrogens is 198 g/mol. The summed E-state index contributed by atoms with van der Waals surface area (Å²) in [5.74, 6) is 2.22. The van der Waals surface area contributed by atoms with Gasteiger partial charge in [0.15, 0.2) is 0 Å². The number of nitrogen functional groups attached to an aromatic ring is 1. The van der Waals surface area contributed by atoms with Gasteiger partial charge in [0.2, 0.25) is 0 Å². The number of nitrogens with zero attached hydrogens (tertiary/aromatic N) is 1. The van der Waals surface area contributed by atoms with Crippen molar-refractivity contribution in [3.63, 3.8) is 0 Å². The van der Waals surface area contributed by atoms with E-state index in [4.69, 9.17) is 5.73 Å². The van der Waals surface area contributed by atoms with Crippen molar-refractivity contribution >= 4 is 11.5 Å². The predicted molar refractivity (Wildman–Crippen MR) is 68.2 cm³/mol. The zero-order valence-corrected chi connectivity index (χ0v) is 10.1. The van der Waals surface area contributed by atoms with Gasteiger partial charge in [-0.15, -0.1) is 0 Å². The minimum atomic E-state index is 0.580. The van der Waals surface area contributed by atoms with Crippen molar-refractivity contribution in [2.24, 2.45) is 11.8 Å². The second-order valence-electron chi connectivity index (χ2n) is 5.23. The number of hydrogen-bond acceptors (Lipinski definition) is 3. The van der Waals surface area contributed by atoms with Gasteiger partial charge in [-0.05, 0) is 43.2 Å². The Balaban J connectivity index is 1.96. The average Bonchev–Trinajstić information content (AvgIpc) is 2.20. The third kappa shape index (κ3) is 2.87. The first-order valence-corrected chi connectivity index (χ1v) is 6.11. The maximum absolute atomic E-state index is 5.57. The fraction of sp³-hybridized carbons (Fsp3) is 0.615. The van der Waals surface area contributed by atoms with Crippen molar-refractivity contribution in [2.75, 3.05) is 11.1 Å². The van der Waals surface area contributed by atoms with Gasteiger partial charge in [-0.2, -0.15) is 0 Å². The van der Waals surface area contributed by atoms with Crippen LogP contribution >= 0.6 is 0 Å². The zero-order chi connectivity index (χ0) is 11.5. The molecule has 88 valence electrons. The van der Waals surface area contributed by atoms with E-state index in [1.807, 2.05) is 18.3 Å². The summed E-state index contributed by atoms with van der Waals surface area (Å²) in [6.07, 6.45) is 5.70. The van der Waals surface area contributed by atoms with Gasteiger partial charge >= 0.3 is 0 Å². The lowest BCUT2D eigenvalue weighted by molar-refractivity contribution is 0.281. The van der Waals surface area contributed by atoms with E-state index in [1.165, 1.54) is 19.3 Å². The van der Waals surface area contributed by atoms with Crippen LogP contribution in [0, 0.1) is 11.8 Å². The van der Waals surface area contributed by atoms with Gasteiger partial charge in [-0.3, -0.25) is 0 Å². The number of pyridine rings is 1. The van der Waals surface area contributed by atoms with Gasteiger partial charge < -0.3 is 11.1 Å². The summed E-state index contributed by atoms with van der Waals surface area (Å²) in [4.78, 5) is 4.10. The van der Waals surface area contributed by atoms with Crippen LogP contribution in [0.4, 0.5) is 11.5 Å². The van der Waals surface area contributed by atoms with Gasteiger partial charge in [0.05, 0.1) is 11.9 Å². The number of hydrogen-bond donors (Lipinski definition) is 2. The lowest BCUT2D eigenvalue weighted by Crippen LogP contribution is -2.30. The van der Waals surface area contributed by atoms with Crippen LogP contribution in [0.2, 0.25) is 0 Å². The summed E-state index contributed by atoms with van der Waals surface area (Å²) < 4.78 is 0. The molecule has 0 aliphatic heterocycles. The Labute approximate surface area is 97.5 Å². The molecule has 0 bridgehead atoms. The first-order valence-electron chi connectivity index (χ1n) is 6.11. The summed E-state index contributed by atoms with van der Waals surface area (Å²) in [5, 5.41) is 3.55. The van der Waals surface area contributed by atoms with Gasteiger partial charge in [-0.25, -0.2) is 4.98 Å². The molecular formula is C13H21N3. The molecule has 1 aromatic rings. The van der Waals surface area contributed by atoms with Crippen LogP contribution < -0.4 is 11.1 Å². The maximum atomic E-state index is 5.57. The summed E-state index contributed by atoms with van der Waals surface area (Å²) in [5.41, 5.74) is 6.65. The summed E-state index contributed by atoms with van der Waals surface area (Å²) in [6, 6.07) is 4.44. The number of nitrogens with two attached hydrogens (primary N) is 1. The third-order valence-electron chi connectivity index (χ3n) is 3.34. The first kappa shape index (κ1) is 11.2. The molecule has 0 spiro atoms. The molecule has 2 unspecified atom stereocenters. The minimum absolute atomic E-state index is 0.580. The second kappa shape index (κ2) is 4.73. The Hall–Kier alpha value is -1.25. The van der Waals surface area contributed by atoms with Crippen LogP contribution in [0.15, 0.2) is 18.3 Å². The molecule has 1 aliphatic rings. The van der Waals surface area contributed by atoms with Crippen LogP contribution in [0.5, 0.6) is 0 Å². The largest absolute Gasteiger partial charge is 0.384 e. The van der Waals surface area contributed by atoms with E-state index in [-0.39, 0.29) is 0 Å². The highest BCUT2D eigenvalue weighted by molar-refractivity contribution is 5.46. The smallest absolute Gasteiger partial charge is 0.123 e. The van der Waals surface area contributed by atoms with Crippen LogP contribution in [0.3, 0.4) is 0 Å². The Bertz CT molecular complexity index is 324. The van der Waals surface area contributed by atoms with Gasteiger partial charge in [0.1, 0.15) is 5.82 Å². The molecule has 2 atom stereocenters. The predicted octanol–water partition coefficient (Wildman–Crippen LogP) is 2.90. The van der Waals surface area contributed by atoms with E-state index >= 15 is 0 Å². The number of nitrogens with one attached hydrogen (secondary N) is 1. The zero-order valence-electron chi connectivity index (χ0n) is 10.1. The van der Waals surface area contributed by atoms with E-state index in [2.05, 4.69) is 24.1 Å². The van der Waals surface area contributed by atoms with Gasteiger partial charge in [-0.1, -0.05) is 13.8 Å². The van der Waals surface area contributed by atoms with Crippen molar-refractivity contribution in [3.8, 4) is 0 Å². The average molecular weight is 219 g/mol. The van der Waals surface area contributed by atoms with Gasteiger partial charge in [0.25, 0.3) is 0 Å². The van der Waals surface area contributed by atoms with E-state index in [1.54, 1.807) is 0 Å². The van der Waals surface area contributed by atoms with Crippen LogP contribution in [0.25, 0.3) is 0 Å². The third-order valence-corrected chi connectivity index (χ3v) is 3.34. The lowest BCUT2D eigenvalue weighted by atomic mass is 9.80. The monoisotopic (exact) mass is 219 g/mol. The Morgan fingerprint density at radius 2 is 1.88 bits per heavy atom. The Kier molecular flexibility index (Phi) is 3.32. The Morgan fingerprint density at radius 1 is 1.19 bits per heavy atom. The van der Waals surface area contributed by atoms with Crippen molar-refractivity contribution in [2.45, 2.75) is 39.2 Å². The fourth-order valence-electron chi connectivity index (χ4n) is 2.79. The topological polar surface area (TPSA) is 50.9 Å². The molecule has 0 radical (unpaired) electrons. The highest BCUT2D eigenvalue weighted by Gasteiger charge is 2.23. The SMILES string of the molecule is CC1CC(C)CC(Nc2ccc(N)nc2)C1. The molecule has 3 N–H and O–H groups in total. The van der Waals surface area contributed by atoms with Crippen LogP contribution in [-0.4, -0.2) is 11.0 Å². The second-order valence-corrected chi connectivity index (χ2v) is 5.23. The van der Waals surface area contributed by atoms with Gasteiger partial charge in [0, 0.05) is 6.04 Å². The maximum Gasteiger partial charge on any atom is 0.123 e. The number of aromatic nitrogens is 1. The molecule has 1 aliphatic carbocycles. The summed E-state index contributed by atoms with van der Waals surface area (Å²) in [7, 11) is 0. The summed E-state index contributed by atoms with van der Waals surface area (Å²) >= 11 is 0. The molecule has 2 rings (SSSR count). The van der Waals surface area contributed by atoms with Crippen LogP contribution in [-0.2, 0) is 0 Å². The van der Waals surface area contributed by atoms with E-state index < -0.39 is 0 Å². The van der Waals surface area contributed by atoms with E-state index in [9.17, 15) is 0 Å². The highest BCUT2D eigenvalue weighted by Crippen LogP contribution is 2.30. The molecule has 3 nitrogen and oxygen atoms in total. The Morgan fingerprint density at radius 3 is 2.44 bits per heavy atom. The first-order chi connectivity index (χ1) is 7.63. The fourth-order valence-corrected chi connectivity index (χ4v) is 2.79. The molecule has 0 saturated heterocycles. The highest BCUT2D eigenvalue weighted by atomic mass is 14.9. The molecule has 1 fully saturated rings. The van der Waals surface area contributed by atoms with Crippen molar-refractivity contribution in [1.29, 1.82) is 0 Å². The van der Waals surface area contributed by atoms with Crippen molar-refractivity contribution in [3.05, 3.63) is 18.3 Å². The normalized spacial score (nSPS) is 30.0. The molecule has 1 heterocycles. The molecule has 0 amide bonds. The number of anilines is 2. The molecule has 1 aromatic heterocycles. The standard InChI is InChI=1S/C13H21N3/c1-9-5-10(2)7-12(6-9)16-11-3-4-13(14)15-8-11/h3-4,8-10,12,16H,5-7H2,1-2H3,(H2,14,15). The van der Waals surface area contributed by atoms with Crippen molar-refractivity contribution < 1.29 is 0 Å².